The van der Waals surface area contributed by atoms with E-state index in [0.29, 0.717) is 17.5 Å². The Hall–Kier alpha value is -3.36. The van der Waals surface area contributed by atoms with Gasteiger partial charge in [0.2, 0.25) is 11.7 Å². The van der Waals surface area contributed by atoms with E-state index in [1.165, 1.54) is 17.5 Å². The van der Waals surface area contributed by atoms with Gasteiger partial charge in [0.05, 0.1) is 12.1 Å². The molecule has 2 aromatic heterocycles. The maximum Gasteiger partial charge on any atom is 0.244 e. The van der Waals surface area contributed by atoms with Gasteiger partial charge in [0.25, 0.3) is 0 Å². The number of aromatic amines is 1. The van der Waals surface area contributed by atoms with Gasteiger partial charge in [0.1, 0.15) is 6.33 Å². The molecule has 0 spiro atoms. The molecule has 5 rings (SSSR count). The predicted octanol–water partition coefficient (Wildman–Crippen LogP) is 3.32. The van der Waals surface area contributed by atoms with E-state index in [2.05, 4.69) is 103 Å². The molecule has 1 saturated heterocycles. The Kier molecular flexibility index (Phi) is 5.56. The van der Waals surface area contributed by atoms with Crippen LogP contribution in [0.3, 0.4) is 0 Å². The first-order valence-corrected chi connectivity index (χ1v) is 10.6. The number of nitrogens with zero attached hydrogens (tertiary/aromatic N) is 6. The van der Waals surface area contributed by atoms with Gasteiger partial charge < -0.3 is 4.52 Å². The smallest absolute Gasteiger partial charge is 0.244 e. The first-order chi connectivity index (χ1) is 15.3. The van der Waals surface area contributed by atoms with Gasteiger partial charge in [0, 0.05) is 26.2 Å². The Balaban J connectivity index is 1.29. The zero-order valence-electron chi connectivity index (χ0n) is 17.4. The molecule has 1 aliphatic rings. The highest BCUT2D eigenvalue weighted by atomic mass is 16.5. The van der Waals surface area contributed by atoms with Crippen molar-refractivity contribution in [3.8, 4) is 11.6 Å². The van der Waals surface area contributed by atoms with Gasteiger partial charge in [-0.25, -0.2) is 4.98 Å². The van der Waals surface area contributed by atoms with Gasteiger partial charge in [-0.15, -0.1) is 0 Å². The van der Waals surface area contributed by atoms with Crippen molar-refractivity contribution in [2.24, 2.45) is 0 Å². The number of hydrogen-bond donors (Lipinski definition) is 1. The summed E-state index contributed by atoms with van der Waals surface area (Å²) in [5, 5.41) is 10.7. The summed E-state index contributed by atoms with van der Waals surface area (Å²) < 4.78 is 5.51. The van der Waals surface area contributed by atoms with E-state index in [1.807, 2.05) is 0 Å². The van der Waals surface area contributed by atoms with Gasteiger partial charge in [-0.05, 0) is 18.1 Å². The summed E-state index contributed by atoms with van der Waals surface area (Å²) >= 11 is 0. The van der Waals surface area contributed by atoms with Crippen LogP contribution < -0.4 is 0 Å². The van der Waals surface area contributed by atoms with Crippen molar-refractivity contribution in [1.29, 1.82) is 0 Å². The molecule has 3 heterocycles. The molecule has 0 bridgehead atoms. The zero-order chi connectivity index (χ0) is 21.0. The van der Waals surface area contributed by atoms with Gasteiger partial charge in [0.15, 0.2) is 5.82 Å². The Labute approximate surface area is 180 Å². The summed E-state index contributed by atoms with van der Waals surface area (Å²) in [6.45, 7) is 5.89. The van der Waals surface area contributed by atoms with Crippen LogP contribution in [-0.4, -0.2) is 61.3 Å². The molecule has 1 atom stereocenters. The number of hydrogen-bond acceptors (Lipinski definition) is 7. The Morgan fingerprint density at radius 1 is 0.871 bits per heavy atom. The van der Waals surface area contributed by atoms with E-state index in [9.17, 15) is 0 Å². The Morgan fingerprint density at radius 3 is 2.06 bits per heavy atom. The minimum absolute atomic E-state index is 0.0400. The summed E-state index contributed by atoms with van der Waals surface area (Å²) in [7, 11) is 0. The zero-order valence-corrected chi connectivity index (χ0v) is 17.4. The lowest BCUT2D eigenvalue weighted by Gasteiger charge is -2.41. The quantitative estimate of drug-likeness (QED) is 0.517. The maximum absolute atomic E-state index is 5.51. The number of benzene rings is 2. The maximum atomic E-state index is 5.51. The lowest BCUT2D eigenvalue weighted by Crippen LogP contribution is -2.48. The van der Waals surface area contributed by atoms with Gasteiger partial charge >= 0.3 is 0 Å². The molecule has 0 radical (unpaired) electrons. The molecule has 2 aromatic carbocycles. The second kappa shape index (κ2) is 8.79. The molecule has 8 heteroatoms. The summed E-state index contributed by atoms with van der Waals surface area (Å²) in [5.74, 6) is 1.55. The summed E-state index contributed by atoms with van der Waals surface area (Å²) in [4.78, 5) is 13.5. The van der Waals surface area contributed by atoms with Crippen LogP contribution >= 0.6 is 0 Å². The molecular weight excluding hydrogens is 390 g/mol. The molecule has 0 saturated carbocycles. The standard InChI is InChI=1S/C23H25N7O/c1-17(23-26-22(28-31-23)21-24-16-25-27-21)29-12-14-30(15-13-29)20(18-8-4-2-5-9-18)19-10-6-3-7-11-19/h2-11,16-17,20H,12-15H2,1H3,(H,24,25,27). The molecule has 158 valence electrons. The Morgan fingerprint density at radius 2 is 1.48 bits per heavy atom. The molecule has 1 unspecified atom stereocenters. The van der Waals surface area contributed by atoms with Crippen molar-refractivity contribution in [2.45, 2.75) is 19.0 Å². The van der Waals surface area contributed by atoms with Crippen molar-refractivity contribution in [2.75, 3.05) is 26.2 Å². The number of aromatic nitrogens is 5. The largest absolute Gasteiger partial charge is 0.337 e. The second-order valence-corrected chi connectivity index (χ2v) is 7.76. The number of nitrogens with one attached hydrogen (secondary N) is 1. The average Bonchev–Trinajstić information content (AvgIpc) is 3.53. The molecule has 0 amide bonds. The minimum Gasteiger partial charge on any atom is -0.337 e. The number of piperazine rings is 1. The van der Waals surface area contributed by atoms with Gasteiger partial charge in [-0.1, -0.05) is 65.8 Å². The third kappa shape index (κ3) is 4.12. The average molecular weight is 416 g/mol. The fourth-order valence-corrected chi connectivity index (χ4v) is 4.24. The third-order valence-electron chi connectivity index (χ3n) is 5.92. The molecule has 31 heavy (non-hydrogen) atoms. The van der Waals surface area contributed by atoms with Crippen LogP contribution in [0.2, 0.25) is 0 Å². The monoisotopic (exact) mass is 415 g/mol. The van der Waals surface area contributed by atoms with Crippen molar-refractivity contribution in [3.63, 3.8) is 0 Å². The van der Waals surface area contributed by atoms with E-state index >= 15 is 0 Å². The first kappa shape index (κ1) is 19.6. The number of rotatable bonds is 6. The molecule has 0 aliphatic carbocycles. The van der Waals surface area contributed by atoms with Crippen LogP contribution in [0.1, 0.15) is 36.0 Å². The molecule has 1 N–H and O–H groups in total. The van der Waals surface area contributed by atoms with Crippen LogP contribution in [0.25, 0.3) is 11.6 Å². The van der Waals surface area contributed by atoms with Crippen molar-refractivity contribution in [1.82, 2.24) is 35.1 Å². The topological polar surface area (TPSA) is 87.0 Å². The van der Waals surface area contributed by atoms with E-state index in [-0.39, 0.29) is 12.1 Å². The van der Waals surface area contributed by atoms with E-state index < -0.39 is 0 Å². The fraction of sp³-hybridized carbons (Fsp3) is 0.304. The summed E-state index contributed by atoms with van der Waals surface area (Å²) in [5.41, 5.74) is 2.65. The lowest BCUT2D eigenvalue weighted by atomic mass is 9.96. The second-order valence-electron chi connectivity index (χ2n) is 7.76. The highest BCUT2D eigenvalue weighted by Gasteiger charge is 2.30. The SMILES string of the molecule is CC(c1nc(-c2ncn[nH]2)no1)N1CCN(C(c2ccccc2)c2ccccc2)CC1. The van der Waals surface area contributed by atoms with E-state index in [4.69, 9.17) is 4.52 Å². The van der Waals surface area contributed by atoms with E-state index in [1.54, 1.807) is 0 Å². The fourth-order valence-electron chi connectivity index (χ4n) is 4.24. The molecule has 1 aliphatic heterocycles. The van der Waals surface area contributed by atoms with Crippen molar-refractivity contribution >= 4 is 0 Å². The van der Waals surface area contributed by atoms with Crippen LogP contribution in [0.5, 0.6) is 0 Å². The van der Waals surface area contributed by atoms with E-state index in [0.717, 1.165) is 26.2 Å². The van der Waals surface area contributed by atoms with Crippen molar-refractivity contribution < 1.29 is 4.52 Å². The molecule has 8 nitrogen and oxygen atoms in total. The van der Waals surface area contributed by atoms with Crippen molar-refractivity contribution in [3.05, 3.63) is 84.0 Å². The molecule has 4 aromatic rings. The van der Waals surface area contributed by atoms with Gasteiger partial charge in [-0.3, -0.25) is 14.9 Å². The van der Waals surface area contributed by atoms with Crippen LogP contribution in [0, 0.1) is 0 Å². The third-order valence-corrected chi connectivity index (χ3v) is 5.92. The Bertz CT molecular complexity index is 1030. The highest BCUT2D eigenvalue weighted by Crippen LogP contribution is 2.31. The number of H-pyrrole nitrogens is 1. The minimum atomic E-state index is 0.0400. The molecular formula is C23H25N7O. The van der Waals surface area contributed by atoms with Gasteiger partial charge in [-0.2, -0.15) is 10.1 Å². The first-order valence-electron chi connectivity index (χ1n) is 10.6. The summed E-state index contributed by atoms with van der Waals surface area (Å²) in [6, 6.07) is 21.8. The lowest BCUT2D eigenvalue weighted by molar-refractivity contribution is 0.0726. The predicted molar refractivity (Wildman–Crippen MR) is 116 cm³/mol. The molecule has 1 fully saturated rings. The highest BCUT2D eigenvalue weighted by molar-refractivity contribution is 5.39. The normalized spacial score (nSPS) is 16.6. The van der Waals surface area contributed by atoms with Crippen LogP contribution in [0.15, 0.2) is 71.5 Å². The van der Waals surface area contributed by atoms with Crippen LogP contribution in [0.4, 0.5) is 0 Å². The summed E-state index contributed by atoms with van der Waals surface area (Å²) in [6.07, 6.45) is 1.43. The van der Waals surface area contributed by atoms with Crippen LogP contribution in [-0.2, 0) is 0 Å².